The molecular formula is C23H28O10Pd-4. The molecule has 0 saturated carbocycles. The van der Waals surface area contributed by atoms with Gasteiger partial charge in [0, 0.05) is 51.2 Å². The number of carbonyl (C=O) groups excluding carboxylic acids is 3. The average Bonchev–Trinajstić information content (AvgIpc) is 2.72. The van der Waals surface area contributed by atoms with Crippen LogP contribution in [0.2, 0.25) is 0 Å². The standard InChI is InChI=1S/C17H19O4.3C2H4O2.Pd/c1-18-13-20-11-15-8-9-16(17(10-15)19-2)21-12-14-6-4-3-5-7-14;3*1-2(3)4;/h3-7,9-10H,11-13H2,1-2H3;3*1H3,(H,3,4);/q-1;;;;/p-3. The predicted molar refractivity (Wildman–Crippen MR) is 111 cm³/mol. The second-order valence-electron chi connectivity index (χ2n) is 5.89. The van der Waals surface area contributed by atoms with Crippen LogP contribution in [-0.4, -0.2) is 38.9 Å². The second kappa shape index (κ2) is 23.2. The molecule has 2 aromatic carbocycles. The van der Waals surface area contributed by atoms with Crippen LogP contribution in [0.4, 0.5) is 0 Å². The molecule has 0 unspecified atom stereocenters. The molecule has 194 valence electrons. The second-order valence-corrected chi connectivity index (χ2v) is 5.89. The summed E-state index contributed by atoms with van der Waals surface area (Å²) in [4.78, 5) is 26.7. The van der Waals surface area contributed by atoms with E-state index in [9.17, 15) is 0 Å². The van der Waals surface area contributed by atoms with E-state index >= 15 is 0 Å². The van der Waals surface area contributed by atoms with E-state index in [1.54, 1.807) is 20.3 Å². The van der Waals surface area contributed by atoms with Crippen LogP contribution in [0.15, 0.2) is 42.5 Å². The van der Waals surface area contributed by atoms with Crippen LogP contribution >= 0.6 is 0 Å². The molecular weight excluding hydrogens is 543 g/mol. The zero-order valence-electron chi connectivity index (χ0n) is 19.6. The van der Waals surface area contributed by atoms with Crippen molar-refractivity contribution in [3.05, 3.63) is 59.7 Å². The molecule has 10 nitrogen and oxygen atoms in total. The summed E-state index contributed by atoms with van der Waals surface area (Å²) in [6, 6.07) is 16.7. The molecule has 34 heavy (non-hydrogen) atoms. The molecule has 0 aliphatic rings. The van der Waals surface area contributed by atoms with E-state index in [1.165, 1.54) is 0 Å². The first-order valence-electron chi connectivity index (χ1n) is 9.38. The van der Waals surface area contributed by atoms with E-state index in [2.05, 4.69) is 6.07 Å². The maximum absolute atomic E-state index is 8.89. The number of ether oxygens (including phenoxy) is 4. The first-order valence-corrected chi connectivity index (χ1v) is 9.38. The molecule has 0 aliphatic heterocycles. The zero-order chi connectivity index (χ0) is 25.6. The van der Waals surface area contributed by atoms with Gasteiger partial charge in [0.2, 0.25) is 0 Å². The fourth-order valence-electron chi connectivity index (χ4n) is 1.83. The topological polar surface area (TPSA) is 157 Å². The van der Waals surface area contributed by atoms with E-state index in [0.717, 1.165) is 31.9 Å². The molecule has 11 heteroatoms. The normalized spacial score (nSPS) is 8.62. The number of carboxylic acids is 3. The van der Waals surface area contributed by atoms with Crippen molar-refractivity contribution < 1.29 is 69.1 Å². The number of aliphatic carboxylic acids is 3. The molecule has 0 saturated heterocycles. The van der Waals surface area contributed by atoms with Crippen LogP contribution in [0.3, 0.4) is 0 Å². The van der Waals surface area contributed by atoms with Crippen molar-refractivity contribution in [3.8, 4) is 11.5 Å². The SMILES string of the molecule is CC(=O)[O-].CC(=O)[O-].CC(=O)[O-].COCOCc1[c-]cc(OCc2ccccc2)c(OC)c1.[Pd]. The van der Waals surface area contributed by atoms with Gasteiger partial charge in [-0.25, -0.2) is 0 Å². The summed E-state index contributed by atoms with van der Waals surface area (Å²) < 4.78 is 21.2. The van der Waals surface area contributed by atoms with Gasteiger partial charge in [0.1, 0.15) is 6.79 Å². The van der Waals surface area contributed by atoms with E-state index in [4.69, 9.17) is 48.7 Å². The Morgan fingerprint density at radius 3 is 1.79 bits per heavy atom. The number of benzene rings is 2. The smallest absolute Gasteiger partial charge is 0.146 e. The molecule has 0 bridgehead atoms. The largest absolute Gasteiger partial charge is 0.550 e. The number of hydrogen-bond donors (Lipinski definition) is 0. The maximum Gasteiger partial charge on any atom is 0.146 e. The van der Waals surface area contributed by atoms with Crippen molar-refractivity contribution in [3.63, 3.8) is 0 Å². The molecule has 0 N–H and O–H groups in total. The minimum Gasteiger partial charge on any atom is -0.550 e. The molecule has 0 aromatic heterocycles. The van der Waals surface area contributed by atoms with Gasteiger partial charge >= 0.3 is 0 Å². The summed E-state index contributed by atoms with van der Waals surface area (Å²) in [5.41, 5.74) is 1.99. The molecule has 0 fully saturated rings. The summed E-state index contributed by atoms with van der Waals surface area (Å²) in [5, 5.41) is 26.7. The Hall–Kier alpha value is -2.97. The molecule has 2 rings (SSSR count). The molecule has 0 aliphatic carbocycles. The van der Waals surface area contributed by atoms with Gasteiger partial charge in [-0.3, -0.25) is 0 Å². The Bertz CT molecular complexity index is 772. The first-order chi connectivity index (χ1) is 15.5. The first kappa shape index (κ1) is 35.6. The van der Waals surface area contributed by atoms with E-state index < -0.39 is 17.9 Å². The van der Waals surface area contributed by atoms with Crippen molar-refractivity contribution in [2.45, 2.75) is 34.0 Å². The van der Waals surface area contributed by atoms with E-state index in [0.29, 0.717) is 24.7 Å². The Balaban J connectivity index is -0.000000618. The third-order valence-electron chi connectivity index (χ3n) is 2.85. The molecule has 0 spiro atoms. The van der Waals surface area contributed by atoms with Gasteiger partial charge in [0.15, 0.2) is 0 Å². The fraction of sp³-hybridized carbons (Fsp3) is 0.348. The molecule has 0 amide bonds. The number of carboxylic acid groups (broad SMARTS) is 3. The van der Waals surface area contributed by atoms with Crippen molar-refractivity contribution in [1.29, 1.82) is 0 Å². The van der Waals surface area contributed by atoms with Crippen LogP contribution < -0.4 is 24.8 Å². The molecule has 0 heterocycles. The van der Waals surface area contributed by atoms with Crippen LogP contribution in [0.1, 0.15) is 31.9 Å². The Kier molecular flexibility index (Phi) is 24.3. The molecule has 0 radical (unpaired) electrons. The summed E-state index contributed by atoms with van der Waals surface area (Å²) in [6.07, 6.45) is 0. The summed E-state index contributed by atoms with van der Waals surface area (Å²) in [5.74, 6) is -1.92. The summed E-state index contributed by atoms with van der Waals surface area (Å²) >= 11 is 0. The number of methoxy groups -OCH3 is 2. The Morgan fingerprint density at radius 2 is 1.35 bits per heavy atom. The van der Waals surface area contributed by atoms with Gasteiger partial charge in [-0.15, -0.1) is 17.7 Å². The van der Waals surface area contributed by atoms with Gasteiger partial charge in [-0.05, 0) is 26.3 Å². The Morgan fingerprint density at radius 1 is 0.853 bits per heavy atom. The monoisotopic (exact) mass is 570 g/mol. The van der Waals surface area contributed by atoms with Crippen LogP contribution in [-0.2, 0) is 57.5 Å². The number of rotatable bonds is 8. The quantitative estimate of drug-likeness (QED) is 0.175. The summed E-state index contributed by atoms with van der Waals surface area (Å²) in [7, 11) is 3.20. The third-order valence-corrected chi connectivity index (χ3v) is 2.85. The average molecular weight is 571 g/mol. The van der Waals surface area contributed by atoms with Gasteiger partial charge in [0.05, 0.1) is 26.1 Å². The van der Waals surface area contributed by atoms with Crippen molar-refractivity contribution in [1.82, 2.24) is 0 Å². The van der Waals surface area contributed by atoms with Crippen molar-refractivity contribution in [2.75, 3.05) is 21.0 Å². The molecule has 2 aromatic rings. The van der Waals surface area contributed by atoms with Crippen LogP contribution in [0, 0.1) is 6.07 Å². The predicted octanol–water partition coefficient (Wildman–Crippen LogP) is -0.539. The Labute approximate surface area is 213 Å². The zero-order valence-corrected chi connectivity index (χ0v) is 21.1. The van der Waals surface area contributed by atoms with Crippen molar-refractivity contribution in [2.24, 2.45) is 0 Å². The number of carbonyl (C=O) groups is 3. The van der Waals surface area contributed by atoms with Gasteiger partial charge in [0.25, 0.3) is 0 Å². The summed E-state index contributed by atoms with van der Waals surface area (Å²) in [6.45, 7) is 4.08. The van der Waals surface area contributed by atoms with Crippen LogP contribution in [0.25, 0.3) is 0 Å². The van der Waals surface area contributed by atoms with Gasteiger partial charge < -0.3 is 48.7 Å². The van der Waals surface area contributed by atoms with E-state index in [1.807, 2.05) is 36.4 Å². The van der Waals surface area contributed by atoms with Gasteiger partial charge in [-0.1, -0.05) is 30.3 Å². The maximum atomic E-state index is 8.89. The minimum absolute atomic E-state index is 0. The minimum atomic E-state index is -1.08. The molecule has 0 atom stereocenters. The van der Waals surface area contributed by atoms with E-state index in [-0.39, 0.29) is 27.2 Å². The third kappa shape index (κ3) is 25.3. The van der Waals surface area contributed by atoms with Crippen molar-refractivity contribution >= 4 is 17.9 Å². The van der Waals surface area contributed by atoms with Gasteiger partial charge in [-0.2, -0.15) is 6.07 Å². The number of hydrogen-bond acceptors (Lipinski definition) is 10. The fourth-order valence-corrected chi connectivity index (χ4v) is 1.83. The van der Waals surface area contributed by atoms with Crippen LogP contribution in [0.5, 0.6) is 11.5 Å².